The zero-order valence-electron chi connectivity index (χ0n) is 29.4. The van der Waals surface area contributed by atoms with Crippen LogP contribution in [0.4, 0.5) is 0 Å². The highest BCUT2D eigenvalue weighted by Gasteiger charge is 2.18. The average molecular weight is 688 g/mol. The summed E-state index contributed by atoms with van der Waals surface area (Å²) in [6, 6.07) is 70.6. The van der Waals surface area contributed by atoms with Crippen LogP contribution in [0.2, 0.25) is 0 Å². The third-order valence-electron chi connectivity index (χ3n) is 10.3. The zero-order chi connectivity index (χ0) is 35.8. The molecule has 1 heterocycles. The molecular weight excluding hydrogens is 655 g/mol. The summed E-state index contributed by atoms with van der Waals surface area (Å²) in [5.74, 6) is 1.91. The van der Waals surface area contributed by atoms with Gasteiger partial charge in [0.2, 0.25) is 0 Å². The first-order chi connectivity index (χ1) is 26.7. The number of benzene rings is 9. The summed E-state index contributed by atoms with van der Waals surface area (Å²) in [4.78, 5) is 15.7. The van der Waals surface area contributed by atoms with Gasteiger partial charge in [0.1, 0.15) is 0 Å². The summed E-state index contributed by atoms with van der Waals surface area (Å²) >= 11 is 0. The van der Waals surface area contributed by atoms with Gasteiger partial charge in [-0.3, -0.25) is 0 Å². The van der Waals surface area contributed by atoms with E-state index in [1.54, 1.807) is 0 Å². The summed E-state index contributed by atoms with van der Waals surface area (Å²) in [5, 5.41) is 7.01. The molecule has 0 unspecified atom stereocenters. The molecule has 0 bridgehead atoms. The summed E-state index contributed by atoms with van der Waals surface area (Å²) in [6.07, 6.45) is 0. The molecule has 0 aliphatic heterocycles. The van der Waals surface area contributed by atoms with Crippen LogP contribution in [0.5, 0.6) is 0 Å². The van der Waals surface area contributed by atoms with E-state index in [9.17, 15) is 0 Å². The first kappa shape index (κ1) is 31.5. The van der Waals surface area contributed by atoms with Gasteiger partial charge in [-0.1, -0.05) is 182 Å². The summed E-state index contributed by atoms with van der Waals surface area (Å²) in [5.41, 5.74) is 9.79. The molecule has 1 aromatic heterocycles. The number of nitrogens with zero attached hydrogens (tertiary/aromatic N) is 3. The van der Waals surface area contributed by atoms with Crippen molar-refractivity contribution >= 4 is 32.3 Å². The number of aromatic nitrogens is 3. The number of hydrogen-bond donors (Lipinski definition) is 0. The Balaban J connectivity index is 1.15. The van der Waals surface area contributed by atoms with Crippen LogP contribution in [0, 0.1) is 0 Å². The standard InChI is InChI=1S/C51H33N3/c1-3-13-34(14-4-1)40-26-25-37-19-12-24-47(48(37)33-40)51-53-49(52-50(54-51)46-22-10-9-21-44(46)35-15-5-2-6-16-35)42-30-28-38-31-41(29-27-39(38)32-42)45-23-11-18-36-17-7-8-20-43(36)45/h1-33H. The topological polar surface area (TPSA) is 38.7 Å². The molecule has 0 saturated carbocycles. The third kappa shape index (κ3) is 5.78. The first-order valence-electron chi connectivity index (χ1n) is 18.3. The Morgan fingerprint density at radius 1 is 0.222 bits per heavy atom. The van der Waals surface area contributed by atoms with Crippen LogP contribution in [0.25, 0.3) is 99.9 Å². The Morgan fingerprint density at radius 2 is 0.722 bits per heavy atom. The van der Waals surface area contributed by atoms with Gasteiger partial charge in [-0.2, -0.15) is 0 Å². The lowest BCUT2D eigenvalue weighted by atomic mass is 9.95. The molecule has 54 heavy (non-hydrogen) atoms. The Labute approximate surface area is 313 Å². The number of rotatable bonds is 6. The van der Waals surface area contributed by atoms with E-state index in [1.165, 1.54) is 27.5 Å². The van der Waals surface area contributed by atoms with Crippen molar-refractivity contribution in [2.75, 3.05) is 0 Å². The molecule has 9 aromatic carbocycles. The molecule has 3 nitrogen and oxygen atoms in total. The lowest BCUT2D eigenvalue weighted by Crippen LogP contribution is -2.01. The van der Waals surface area contributed by atoms with Crippen LogP contribution in [0.1, 0.15) is 0 Å². The minimum Gasteiger partial charge on any atom is -0.208 e. The average Bonchev–Trinajstić information content (AvgIpc) is 3.26. The number of hydrogen-bond acceptors (Lipinski definition) is 3. The highest BCUT2D eigenvalue weighted by molar-refractivity contribution is 6.00. The van der Waals surface area contributed by atoms with Gasteiger partial charge in [0, 0.05) is 16.7 Å². The highest BCUT2D eigenvalue weighted by atomic mass is 15.0. The van der Waals surface area contributed by atoms with Crippen molar-refractivity contribution in [2.45, 2.75) is 0 Å². The first-order valence-corrected chi connectivity index (χ1v) is 18.3. The van der Waals surface area contributed by atoms with E-state index in [0.717, 1.165) is 54.9 Å². The molecule has 0 radical (unpaired) electrons. The van der Waals surface area contributed by atoms with Gasteiger partial charge in [0.15, 0.2) is 17.5 Å². The Bertz CT molecular complexity index is 2980. The largest absolute Gasteiger partial charge is 0.208 e. The van der Waals surface area contributed by atoms with E-state index >= 15 is 0 Å². The van der Waals surface area contributed by atoms with Gasteiger partial charge in [0.25, 0.3) is 0 Å². The smallest absolute Gasteiger partial charge is 0.164 e. The van der Waals surface area contributed by atoms with Crippen molar-refractivity contribution in [1.82, 2.24) is 15.0 Å². The van der Waals surface area contributed by atoms with Gasteiger partial charge >= 0.3 is 0 Å². The summed E-state index contributed by atoms with van der Waals surface area (Å²) < 4.78 is 0. The van der Waals surface area contributed by atoms with Crippen molar-refractivity contribution in [3.63, 3.8) is 0 Å². The van der Waals surface area contributed by atoms with E-state index in [2.05, 4.69) is 188 Å². The maximum absolute atomic E-state index is 5.25. The van der Waals surface area contributed by atoms with E-state index in [4.69, 9.17) is 15.0 Å². The fourth-order valence-corrected chi connectivity index (χ4v) is 7.60. The monoisotopic (exact) mass is 687 g/mol. The predicted octanol–water partition coefficient (Wildman–Crippen LogP) is 13.3. The second-order valence-corrected chi connectivity index (χ2v) is 13.6. The molecule has 0 saturated heterocycles. The van der Waals surface area contributed by atoms with E-state index in [-0.39, 0.29) is 0 Å². The maximum atomic E-state index is 5.25. The van der Waals surface area contributed by atoms with Gasteiger partial charge in [-0.25, -0.2) is 15.0 Å². The predicted molar refractivity (Wildman–Crippen MR) is 225 cm³/mol. The zero-order valence-corrected chi connectivity index (χ0v) is 29.4. The molecule has 0 amide bonds. The van der Waals surface area contributed by atoms with Crippen LogP contribution in [-0.2, 0) is 0 Å². The Hall–Kier alpha value is -7.23. The molecule has 0 fully saturated rings. The van der Waals surface area contributed by atoms with Crippen LogP contribution >= 0.6 is 0 Å². The molecule has 0 N–H and O–H groups in total. The van der Waals surface area contributed by atoms with Gasteiger partial charge < -0.3 is 0 Å². The molecule has 252 valence electrons. The van der Waals surface area contributed by atoms with Gasteiger partial charge in [-0.05, 0) is 83.9 Å². The van der Waals surface area contributed by atoms with E-state index < -0.39 is 0 Å². The highest BCUT2D eigenvalue weighted by Crippen LogP contribution is 2.37. The van der Waals surface area contributed by atoms with Gasteiger partial charge in [-0.15, -0.1) is 0 Å². The normalized spacial score (nSPS) is 11.3. The minimum atomic E-state index is 0.633. The molecule has 0 aliphatic rings. The lowest BCUT2D eigenvalue weighted by Gasteiger charge is -2.14. The van der Waals surface area contributed by atoms with Crippen molar-refractivity contribution in [1.29, 1.82) is 0 Å². The minimum absolute atomic E-state index is 0.633. The van der Waals surface area contributed by atoms with E-state index in [1.807, 2.05) is 12.1 Å². The second-order valence-electron chi connectivity index (χ2n) is 13.6. The van der Waals surface area contributed by atoms with E-state index in [0.29, 0.717) is 17.5 Å². The molecule has 0 spiro atoms. The molecule has 0 aliphatic carbocycles. The SMILES string of the molecule is c1ccc(-c2ccc3cccc(-c4nc(-c5ccc6cc(-c7cccc8ccccc78)ccc6c5)nc(-c5ccccc5-c5ccccc5)n4)c3c2)cc1. The Kier molecular flexibility index (Phi) is 7.81. The quantitative estimate of drug-likeness (QED) is 0.175. The lowest BCUT2D eigenvalue weighted by molar-refractivity contribution is 1.08. The van der Waals surface area contributed by atoms with Crippen molar-refractivity contribution in [3.05, 3.63) is 200 Å². The summed E-state index contributed by atoms with van der Waals surface area (Å²) in [7, 11) is 0. The maximum Gasteiger partial charge on any atom is 0.164 e. The molecule has 3 heteroatoms. The van der Waals surface area contributed by atoms with Crippen molar-refractivity contribution in [2.24, 2.45) is 0 Å². The van der Waals surface area contributed by atoms with Gasteiger partial charge in [0.05, 0.1) is 0 Å². The van der Waals surface area contributed by atoms with Crippen molar-refractivity contribution in [3.8, 4) is 67.5 Å². The van der Waals surface area contributed by atoms with Crippen LogP contribution in [-0.4, -0.2) is 15.0 Å². The molecular formula is C51H33N3. The number of fused-ring (bicyclic) bond motifs is 3. The molecule has 10 aromatic rings. The fraction of sp³-hybridized carbons (Fsp3) is 0. The summed E-state index contributed by atoms with van der Waals surface area (Å²) in [6.45, 7) is 0. The second kappa shape index (κ2) is 13.4. The van der Waals surface area contributed by atoms with Crippen LogP contribution < -0.4 is 0 Å². The van der Waals surface area contributed by atoms with Crippen LogP contribution in [0.15, 0.2) is 200 Å². The molecule has 0 atom stereocenters. The Morgan fingerprint density at radius 3 is 1.50 bits per heavy atom. The molecule has 10 rings (SSSR count). The fourth-order valence-electron chi connectivity index (χ4n) is 7.60. The third-order valence-corrected chi connectivity index (χ3v) is 10.3. The van der Waals surface area contributed by atoms with Crippen LogP contribution in [0.3, 0.4) is 0 Å². The van der Waals surface area contributed by atoms with Crippen molar-refractivity contribution < 1.29 is 0 Å².